The molecule has 23 heavy (non-hydrogen) atoms. The zero-order chi connectivity index (χ0) is 16.4. The summed E-state index contributed by atoms with van der Waals surface area (Å²) in [5.41, 5.74) is 3.32. The summed E-state index contributed by atoms with van der Waals surface area (Å²) in [4.78, 5) is 29.1. The highest BCUT2D eigenvalue weighted by molar-refractivity contribution is 6.01. The molecule has 0 spiro atoms. The van der Waals surface area contributed by atoms with Crippen LogP contribution in [0.5, 0.6) is 0 Å². The molecule has 0 aliphatic carbocycles. The van der Waals surface area contributed by atoms with Crippen molar-refractivity contribution in [1.29, 1.82) is 0 Å². The van der Waals surface area contributed by atoms with Crippen LogP contribution in [0, 0.1) is 12.8 Å². The fraction of sp³-hybridized carbons (Fsp3) is 0.579. The van der Waals surface area contributed by atoms with Gasteiger partial charge in [-0.15, -0.1) is 0 Å². The Morgan fingerprint density at radius 2 is 1.96 bits per heavy atom. The summed E-state index contributed by atoms with van der Waals surface area (Å²) in [6, 6.07) is 6.16. The molecule has 1 unspecified atom stereocenters. The molecule has 0 radical (unpaired) electrons. The van der Waals surface area contributed by atoms with Crippen LogP contribution in [0.2, 0.25) is 0 Å². The number of para-hydroxylation sites is 1. The van der Waals surface area contributed by atoms with E-state index in [1.165, 1.54) is 12.0 Å². The predicted molar refractivity (Wildman–Crippen MR) is 91.4 cm³/mol. The average molecular weight is 314 g/mol. The minimum absolute atomic E-state index is 0.0874. The van der Waals surface area contributed by atoms with Crippen molar-refractivity contribution in [2.75, 3.05) is 24.5 Å². The number of nitrogens with zero attached hydrogens (tertiary/aromatic N) is 2. The van der Waals surface area contributed by atoms with Gasteiger partial charge < -0.3 is 9.80 Å². The van der Waals surface area contributed by atoms with Crippen molar-refractivity contribution in [3.05, 3.63) is 29.3 Å². The molecule has 0 aromatic heterocycles. The van der Waals surface area contributed by atoms with Gasteiger partial charge in [0.25, 0.3) is 0 Å². The Morgan fingerprint density at radius 1 is 1.22 bits per heavy atom. The van der Waals surface area contributed by atoms with Gasteiger partial charge in [-0.05, 0) is 43.7 Å². The fourth-order valence-corrected chi connectivity index (χ4v) is 3.85. The molecule has 4 heteroatoms. The first kappa shape index (κ1) is 16.0. The van der Waals surface area contributed by atoms with Gasteiger partial charge >= 0.3 is 0 Å². The molecule has 1 aromatic rings. The molecule has 2 saturated heterocycles. The van der Waals surface area contributed by atoms with Crippen molar-refractivity contribution in [1.82, 2.24) is 4.90 Å². The molecule has 0 N–H and O–H groups in total. The number of benzene rings is 1. The number of aryl methyl sites for hydroxylation is 2. The molecule has 124 valence electrons. The lowest BCUT2D eigenvalue weighted by molar-refractivity contribution is -0.136. The standard InChI is InChI=1S/C19H26N2O2/c1-3-15-9-7-8-14(2)18(15)21-13-16(12-17(21)22)19(23)20-10-5-4-6-11-20/h7-9,16H,3-6,10-13H2,1-2H3. The molecule has 4 nitrogen and oxygen atoms in total. The summed E-state index contributed by atoms with van der Waals surface area (Å²) in [6.45, 7) is 6.39. The Kier molecular flexibility index (Phi) is 4.69. The van der Waals surface area contributed by atoms with E-state index in [4.69, 9.17) is 0 Å². The summed E-state index contributed by atoms with van der Waals surface area (Å²) in [6.07, 6.45) is 4.64. The van der Waals surface area contributed by atoms with Crippen LogP contribution in [0.3, 0.4) is 0 Å². The maximum absolute atomic E-state index is 12.7. The van der Waals surface area contributed by atoms with Crippen molar-refractivity contribution >= 4 is 17.5 Å². The van der Waals surface area contributed by atoms with E-state index in [9.17, 15) is 9.59 Å². The third-order valence-electron chi connectivity index (χ3n) is 5.11. The van der Waals surface area contributed by atoms with Gasteiger partial charge in [0.15, 0.2) is 0 Å². The van der Waals surface area contributed by atoms with Crippen LogP contribution >= 0.6 is 0 Å². The smallest absolute Gasteiger partial charge is 0.228 e. The number of hydrogen-bond acceptors (Lipinski definition) is 2. The molecule has 1 atom stereocenters. The zero-order valence-electron chi connectivity index (χ0n) is 14.2. The fourth-order valence-electron chi connectivity index (χ4n) is 3.85. The first-order valence-electron chi connectivity index (χ1n) is 8.79. The molecule has 2 heterocycles. The second kappa shape index (κ2) is 6.73. The monoisotopic (exact) mass is 314 g/mol. The lowest BCUT2D eigenvalue weighted by atomic mass is 10.0. The first-order chi connectivity index (χ1) is 11.1. The van der Waals surface area contributed by atoms with Gasteiger partial charge in [0.05, 0.1) is 5.92 Å². The van der Waals surface area contributed by atoms with Crippen LogP contribution in [0.25, 0.3) is 0 Å². The maximum Gasteiger partial charge on any atom is 0.228 e. The SMILES string of the molecule is CCc1cccc(C)c1N1CC(C(=O)N2CCCCC2)CC1=O. The number of hydrogen-bond donors (Lipinski definition) is 0. The summed E-state index contributed by atoms with van der Waals surface area (Å²) >= 11 is 0. The van der Waals surface area contributed by atoms with Crippen molar-refractivity contribution < 1.29 is 9.59 Å². The van der Waals surface area contributed by atoms with Crippen LogP contribution in [-0.4, -0.2) is 36.3 Å². The summed E-state index contributed by atoms with van der Waals surface area (Å²) in [7, 11) is 0. The quantitative estimate of drug-likeness (QED) is 0.860. The van der Waals surface area contributed by atoms with Gasteiger partial charge in [0.2, 0.25) is 11.8 Å². The second-order valence-corrected chi connectivity index (χ2v) is 6.73. The van der Waals surface area contributed by atoms with Crippen molar-refractivity contribution in [3.8, 4) is 0 Å². The minimum Gasteiger partial charge on any atom is -0.342 e. The summed E-state index contributed by atoms with van der Waals surface area (Å²) in [5, 5.41) is 0. The normalized spacial score (nSPS) is 21.8. The Morgan fingerprint density at radius 3 is 2.65 bits per heavy atom. The number of amides is 2. The molecule has 0 saturated carbocycles. The van der Waals surface area contributed by atoms with Crippen LogP contribution in [0.4, 0.5) is 5.69 Å². The van der Waals surface area contributed by atoms with Crippen molar-refractivity contribution in [2.24, 2.45) is 5.92 Å². The minimum atomic E-state index is -0.176. The highest BCUT2D eigenvalue weighted by Crippen LogP contribution is 2.32. The first-order valence-corrected chi connectivity index (χ1v) is 8.79. The maximum atomic E-state index is 12.7. The van der Waals surface area contributed by atoms with Gasteiger partial charge in [0.1, 0.15) is 0 Å². The largest absolute Gasteiger partial charge is 0.342 e. The summed E-state index contributed by atoms with van der Waals surface area (Å²) in [5.74, 6) is 0.0847. The number of carbonyl (C=O) groups is 2. The number of anilines is 1. The van der Waals surface area contributed by atoms with Gasteiger partial charge in [0, 0.05) is 31.7 Å². The van der Waals surface area contributed by atoms with E-state index in [2.05, 4.69) is 13.0 Å². The average Bonchev–Trinajstić information content (AvgIpc) is 2.96. The predicted octanol–water partition coefficient (Wildman–Crippen LogP) is 2.92. The molecule has 0 bridgehead atoms. The van der Waals surface area contributed by atoms with Gasteiger partial charge in [-0.2, -0.15) is 0 Å². The molecule has 2 aliphatic rings. The van der Waals surface area contributed by atoms with Crippen molar-refractivity contribution in [3.63, 3.8) is 0 Å². The van der Waals surface area contributed by atoms with E-state index in [1.807, 2.05) is 28.9 Å². The van der Waals surface area contributed by atoms with E-state index in [0.29, 0.717) is 13.0 Å². The zero-order valence-corrected chi connectivity index (χ0v) is 14.2. The van der Waals surface area contributed by atoms with E-state index in [1.54, 1.807) is 0 Å². The highest BCUT2D eigenvalue weighted by atomic mass is 16.2. The Labute approximate surface area is 138 Å². The number of carbonyl (C=O) groups excluding carboxylic acids is 2. The molecule has 1 aromatic carbocycles. The molecule has 3 rings (SSSR count). The topological polar surface area (TPSA) is 40.6 Å². The Balaban J connectivity index is 1.79. The van der Waals surface area contributed by atoms with E-state index < -0.39 is 0 Å². The Bertz CT molecular complexity index is 605. The van der Waals surface area contributed by atoms with Crippen molar-refractivity contribution in [2.45, 2.75) is 46.0 Å². The van der Waals surface area contributed by atoms with Gasteiger partial charge in [-0.25, -0.2) is 0 Å². The number of likely N-dealkylation sites (tertiary alicyclic amines) is 1. The lowest BCUT2D eigenvalue weighted by Gasteiger charge is -2.29. The van der Waals surface area contributed by atoms with Crippen LogP contribution in [-0.2, 0) is 16.0 Å². The molecule has 2 aliphatic heterocycles. The molecule has 2 amide bonds. The van der Waals surface area contributed by atoms with Crippen LogP contribution in [0.15, 0.2) is 18.2 Å². The van der Waals surface area contributed by atoms with Gasteiger partial charge in [-0.1, -0.05) is 25.1 Å². The highest BCUT2D eigenvalue weighted by Gasteiger charge is 2.38. The lowest BCUT2D eigenvalue weighted by Crippen LogP contribution is -2.40. The molecule has 2 fully saturated rings. The van der Waals surface area contributed by atoms with E-state index in [-0.39, 0.29) is 17.7 Å². The van der Waals surface area contributed by atoms with Crippen LogP contribution < -0.4 is 4.90 Å². The van der Waals surface area contributed by atoms with E-state index in [0.717, 1.165) is 43.6 Å². The van der Waals surface area contributed by atoms with Gasteiger partial charge in [-0.3, -0.25) is 9.59 Å². The second-order valence-electron chi connectivity index (χ2n) is 6.73. The summed E-state index contributed by atoms with van der Waals surface area (Å²) < 4.78 is 0. The van der Waals surface area contributed by atoms with Crippen LogP contribution in [0.1, 0.15) is 43.7 Å². The number of rotatable bonds is 3. The Hall–Kier alpha value is -1.84. The number of piperidine rings is 1. The third-order valence-corrected chi connectivity index (χ3v) is 5.11. The third kappa shape index (κ3) is 3.12. The molecular formula is C19H26N2O2. The molecular weight excluding hydrogens is 288 g/mol. The van der Waals surface area contributed by atoms with E-state index >= 15 is 0 Å².